The third-order valence-corrected chi connectivity index (χ3v) is 2.68. The first-order valence-corrected chi connectivity index (χ1v) is 5.82. The summed E-state index contributed by atoms with van der Waals surface area (Å²) in [6.07, 6.45) is 2.68. The lowest BCUT2D eigenvalue weighted by Crippen LogP contribution is -2.37. The number of amides is 1. The van der Waals surface area contributed by atoms with Gasteiger partial charge in [0.2, 0.25) is 5.91 Å². The van der Waals surface area contributed by atoms with Gasteiger partial charge in [-0.1, -0.05) is 23.2 Å². The molecule has 4 nitrogen and oxygen atoms in total. The molecule has 0 aliphatic heterocycles. The summed E-state index contributed by atoms with van der Waals surface area (Å²) in [5.74, 6) is -1.61. The molecule has 0 aliphatic carbocycles. The van der Waals surface area contributed by atoms with Crippen LogP contribution in [-0.4, -0.2) is 23.0 Å². The summed E-state index contributed by atoms with van der Waals surface area (Å²) >= 11 is 11.7. The van der Waals surface area contributed by atoms with Gasteiger partial charge < -0.3 is 10.4 Å². The molecule has 1 atom stereocenters. The van der Waals surface area contributed by atoms with E-state index in [1.165, 1.54) is 19.1 Å². The maximum atomic E-state index is 11.4. The van der Waals surface area contributed by atoms with Gasteiger partial charge in [-0.05, 0) is 36.8 Å². The Morgan fingerprint density at radius 2 is 2.06 bits per heavy atom. The summed E-state index contributed by atoms with van der Waals surface area (Å²) < 4.78 is 0. The van der Waals surface area contributed by atoms with E-state index in [1.54, 1.807) is 18.2 Å². The van der Waals surface area contributed by atoms with Gasteiger partial charge in [0.15, 0.2) is 0 Å². The normalized spacial score (nSPS) is 12.4. The lowest BCUT2D eigenvalue weighted by molar-refractivity contribution is -0.140. The van der Waals surface area contributed by atoms with Crippen LogP contribution in [0.1, 0.15) is 12.5 Å². The number of carbonyl (C=O) groups is 2. The van der Waals surface area contributed by atoms with Crippen LogP contribution < -0.4 is 5.32 Å². The third-order valence-electron chi connectivity index (χ3n) is 2.10. The Morgan fingerprint density at radius 3 is 2.67 bits per heavy atom. The molecule has 0 saturated carbocycles. The number of nitrogens with one attached hydrogen (secondary N) is 1. The van der Waals surface area contributed by atoms with Crippen LogP contribution in [0, 0.1) is 0 Å². The lowest BCUT2D eigenvalue weighted by Gasteiger charge is -2.06. The van der Waals surface area contributed by atoms with Crippen molar-refractivity contribution in [1.82, 2.24) is 5.32 Å². The minimum Gasteiger partial charge on any atom is -0.480 e. The van der Waals surface area contributed by atoms with E-state index < -0.39 is 17.9 Å². The SMILES string of the molecule is C[C@@H](NC(=O)/C=C/c1cc(Cl)ccc1Cl)C(=O)O. The van der Waals surface area contributed by atoms with Gasteiger partial charge in [0.05, 0.1) is 0 Å². The van der Waals surface area contributed by atoms with Gasteiger partial charge in [0.25, 0.3) is 0 Å². The van der Waals surface area contributed by atoms with Crippen molar-refractivity contribution >= 4 is 41.2 Å². The predicted molar refractivity (Wildman–Crippen MR) is 70.7 cm³/mol. The number of rotatable bonds is 4. The zero-order chi connectivity index (χ0) is 13.7. The zero-order valence-electron chi connectivity index (χ0n) is 9.48. The molecule has 1 rings (SSSR count). The van der Waals surface area contributed by atoms with Crippen LogP contribution in [0.4, 0.5) is 0 Å². The molecule has 0 aromatic heterocycles. The Morgan fingerprint density at radius 1 is 1.39 bits per heavy atom. The second-order valence-electron chi connectivity index (χ2n) is 3.57. The van der Waals surface area contributed by atoms with Gasteiger partial charge in [-0.3, -0.25) is 9.59 Å². The van der Waals surface area contributed by atoms with E-state index >= 15 is 0 Å². The standard InChI is InChI=1S/C12H11Cl2NO3/c1-7(12(17)18)15-11(16)5-2-8-6-9(13)3-4-10(8)14/h2-7H,1H3,(H,15,16)(H,17,18)/b5-2+/t7-/m1/s1. The number of hydrogen-bond donors (Lipinski definition) is 2. The maximum Gasteiger partial charge on any atom is 0.325 e. The maximum absolute atomic E-state index is 11.4. The van der Waals surface area contributed by atoms with E-state index in [1.807, 2.05) is 0 Å². The number of carboxylic acids is 1. The summed E-state index contributed by atoms with van der Waals surface area (Å²) in [5.41, 5.74) is 0.585. The lowest BCUT2D eigenvalue weighted by atomic mass is 10.2. The molecule has 6 heteroatoms. The average molecular weight is 288 g/mol. The number of carbonyl (C=O) groups excluding carboxylic acids is 1. The smallest absolute Gasteiger partial charge is 0.325 e. The Kier molecular flexibility index (Phi) is 5.19. The highest BCUT2D eigenvalue weighted by atomic mass is 35.5. The van der Waals surface area contributed by atoms with E-state index in [2.05, 4.69) is 5.32 Å². The van der Waals surface area contributed by atoms with Crippen LogP contribution in [0.15, 0.2) is 24.3 Å². The van der Waals surface area contributed by atoms with E-state index in [0.29, 0.717) is 15.6 Å². The summed E-state index contributed by atoms with van der Waals surface area (Å²) in [6.45, 7) is 1.38. The zero-order valence-corrected chi connectivity index (χ0v) is 11.0. The highest BCUT2D eigenvalue weighted by molar-refractivity contribution is 6.34. The number of carboxylic acid groups (broad SMARTS) is 1. The molecular formula is C12H11Cl2NO3. The molecule has 18 heavy (non-hydrogen) atoms. The van der Waals surface area contributed by atoms with Crippen LogP contribution in [-0.2, 0) is 9.59 Å². The van der Waals surface area contributed by atoms with Crippen LogP contribution in [0.5, 0.6) is 0 Å². The van der Waals surface area contributed by atoms with E-state index in [9.17, 15) is 9.59 Å². The minimum atomic E-state index is -1.10. The van der Waals surface area contributed by atoms with Crippen LogP contribution in [0.2, 0.25) is 10.0 Å². The molecule has 0 heterocycles. The van der Waals surface area contributed by atoms with E-state index in [4.69, 9.17) is 28.3 Å². The first-order valence-electron chi connectivity index (χ1n) is 5.06. The summed E-state index contributed by atoms with van der Waals surface area (Å²) in [6, 6.07) is 3.90. The van der Waals surface area contributed by atoms with Gasteiger partial charge in [-0.2, -0.15) is 0 Å². The van der Waals surface area contributed by atoms with Crippen molar-refractivity contribution in [1.29, 1.82) is 0 Å². The molecule has 0 spiro atoms. The molecule has 1 aromatic rings. The molecule has 96 valence electrons. The molecule has 1 aromatic carbocycles. The fraction of sp³-hybridized carbons (Fsp3) is 0.167. The molecular weight excluding hydrogens is 277 g/mol. The van der Waals surface area contributed by atoms with E-state index in [-0.39, 0.29) is 0 Å². The Bertz CT molecular complexity index is 500. The molecule has 0 saturated heterocycles. The fourth-order valence-corrected chi connectivity index (χ4v) is 1.49. The van der Waals surface area contributed by atoms with Crippen LogP contribution in [0.3, 0.4) is 0 Å². The van der Waals surface area contributed by atoms with Gasteiger partial charge in [0, 0.05) is 16.1 Å². The first kappa shape index (κ1) is 14.5. The Hall–Kier alpha value is -1.52. The van der Waals surface area contributed by atoms with E-state index in [0.717, 1.165) is 0 Å². The predicted octanol–water partition coefficient (Wildman–Crippen LogP) is 2.60. The Balaban J connectivity index is 2.72. The fourth-order valence-electron chi connectivity index (χ4n) is 1.13. The summed E-state index contributed by atoms with van der Waals surface area (Å²) in [4.78, 5) is 21.9. The van der Waals surface area contributed by atoms with Gasteiger partial charge in [-0.15, -0.1) is 0 Å². The molecule has 0 fully saturated rings. The van der Waals surface area contributed by atoms with Crippen LogP contribution >= 0.6 is 23.2 Å². The average Bonchev–Trinajstić information content (AvgIpc) is 2.30. The van der Waals surface area contributed by atoms with Gasteiger partial charge in [-0.25, -0.2) is 0 Å². The number of halogens is 2. The number of hydrogen-bond acceptors (Lipinski definition) is 2. The topological polar surface area (TPSA) is 66.4 Å². The number of benzene rings is 1. The summed E-state index contributed by atoms with van der Waals surface area (Å²) in [7, 11) is 0. The van der Waals surface area contributed by atoms with Gasteiger partial charge in [0.1, 0.15) is 6.04 Å². The van der Waals surface area contributed by atoms with Crippen molar-refractivity contribution < 1.29 is 14.7 Å². The molecule has 0 aliphatic rings. The van der Waals surface area contributed by atoms with Crippen LogP contribution in [0.25, 0.3) is 6.08 Å². The largest absolute Gasteiger partial charge is 0.480 e. The minimum absolute atomic E-state index is 0.453. The first-order chi connectivity index (χ1) is 8.40. The van der Waals surface area contributed by atoms with Gasteiger partial charge >= 0.3 is 5.97 Å². The highest BCUT2D eigenvalue weighted by Crippen LogP contribution is 2.21. The van der Waals surface area contributed by atoms with Crippen molar-refractivity contribution in [3.63, 3.8) is 0 Å². The van der Waals surface area contributed by atoms with Crippen molar-refractivity contribution in [2.45, 2.75) is 13.0 Å². The number of aliphatic carboxylic acids is 1. The molecule has 0 unspecified atom stereocenters. The third kappa shape index (κ3) is 4.39. The molecule has 0 radical (unpaired) electrons. The highest BCUT2D eigenvalue weighted by Gasteiger charge is 2.11. The quantitative estimate of drug-likeness (QED) is 0.837. The van der Waals surface area contributed by atoms with Crippen molar-refractivity contribution in [2.75, 3.05) is 0 Å². The second-order valence-corrected chi connectivity index (χ2v) is 4.41. The monoisotopic (exact) mass is 287 g/mol. The Labute approximate surface area is 114 Å². The summed E-state index contributed by atoms with van der Waals surface area (Å²) in [5, 5.41) is 11.9. The van der Waals surface area contributed by atoms with Crippen molar-refractivity contribution in [3.05, 3.63) is 39.9 Å². The molecule has 2 N–H and O–H groups in total. The van der Waals surface area contributed by atoms with Crippen molar-refractivity contribution in [3.8, 4) is 0 Å². The molecule has 0 bridgehead atoms. The molecule has 1 amide bonds. The van der Waals surface area contributed by atoms with Crippen molar-refractivity contribution in [2.24, 2.45) is 0 Å². The second kappa shape index (κ2) is 6.42.